The fraction of sp³-hybridized carbons (Fsp3) is 0.877. The van der Waals surface area contributed by atoms with Gasteiger partial charge in [0.15, 0.2) is 6.10 Å². The second kappa shape index (κ2) is 68.1. The number of ether oxygens (including phenoxy) is 3. The second-order valence-corrected chi connectivity index (χ2v) is 24.2. The lowest BCUT2D eigenvalue weighted by atomic mass is 10.0. The van der Waals surface area contributed by atoms with E-state index in [-0.39, 0.29) is 31.1 Å². The summed E-state index contributed by atoms with van der Waals surface area (Å²) in [7, 11) is 0. The maximum Gasteiger partial charge on any atom is 0.306 e. The molecule has 0 radical (unpaired) electrons. The Morgan fingerprint density at radius 3 is 0.709 bits per heavy atom. The van der Waals surface area contributed by atoms with Gasteiger partial charge >= 0.3 is 17.9 Å². The summed E-state index contributed by atoms with van der Waals surface area (Å²) in [4.78, 5) is 38.1. The molecule has 6 heteroatoms. The SMILES string of the molecule is CCCCCCC/C=C\C/C=C\C/C=C\CCCCCCCCCCCCC(=O)OC(COC(=O)CCCCCCCC)COC(=O)CCCCCCCCCCCCCCCCCCCCCCCCCCCCCCCC. The molecule has 0 N–H and O–H groups in total. The maximum atomic E-state index is 12.9. The van der Waals surface area contributed by atoms with Crippen LogP contribution in [0, 0.1) is 0 Å². The molecule has 0 saturated heterocycles. The largest absolute Gasteiger partial charge is 0.462 e. The van der Waals surface area contributed by atoms with Gasteiger partial charge in [0.1, 0.15) is 13.2 Å². The van der Waals surface area contributed by atoms with E-state index in [2.05, 4.69) is 57.2 Å². The van der Waals surface area contributed by atoms with Crippen LogP contribution in [-0.4, -0.2) is 37.2 Å². The van der Waals surface area contributed by atoms with Crippen LogP contribution in [0.15, 0.2) is 36.5 Å². The van der Waals surface area contributed by atoms with Gasteiger partial charge in [-0.2, -0.15) is 0 Å². The van der Waals surface area contributed by atoms with Gasteiger partial charge < -0.3 is 14.2 Å². The number of allylic oxidation sites excluding steroid dienone is 6. The molecular formula is C73H136O6. The van der Waals surface area contributed by atoms with Gasteiger partial charge in [0.25, 0.3) is 0 Å². The summed E-state index contributed by atoms with van der Waals surface area (Å²) in [5.74, 6) is -0.859. The van der Waals surface area contributed by atoms with Crippen LogP contribution in [0.2, 0.25) is 0 Å². The van der Waals surface area contributed by atoms with Gasteiger partial charge in [-0.05, 0) is 57.8 Å². The molecule has 0 aliphatic heterocycles. The predicted octanol–water partition coefficient (Wildman–Crippen LogP) is 24.3. The summed E-state index contributed by atoms with van der Waals surface area (Å²) in [5, 5.41) is 0. The quantitative estimate of drug-likeness (QED) is 0.0261. The molecule has 1 atom stereocenters. The first-order valence-corrected chi connectivity index (χ1v) is 35.5. The average Bonchev–Trinajstić information content (AvgIpc) is 3.45. The third kappa shape index (κ3) is 66.3. The van der Waals surface area contributed by atoms with Crippen LogP contribution in [-0.2, 0) is 28.6 Å². The van der Waals surface area contributed by atoms with E-state index in [0.29, 0.717) is 19.3 Å². The summed E-state index contributed by atoms with van der Waals surface area (Å²) in [5.41, 5.74) is 0. The van der Waals surface area contributed by atoms with Crippen molar-refractivity contribution in [3.05, 3.63) is 36.5 Å². The molecule has 0 fully saturated rings. The summed E-state index contributed by atoms with van der Waals surface area (Å²) in [6.07, 6.45) is 85.1. The minimum absolute atomic E-state index is 0.0690. The lowest BCUT2D eigenvalue weighted by molar-refractivity contribution is -0.167. The van der Waals surface area contributed by atoms with E-state index < -0.39 is 6.10 Å². The zero-order valence-corrected chi connectivity index (χ0v) is 53.4. The minimum atomic E-state index is -0.770. The lowest BCUT2D eigenvalue weighted by Gasteiger charge is -2.18. The monoisotopic (exact) mass is 1110 g/mol. The molecule has 0 aromatic rings. The van der Waals surface area contributed by atoms with Crippen molar-refractivity contribution >= 4 is 17.9 Å². The Kier molecular flexibility index (Phi) is 66.1. The number of carbonyl (C=O) groups excluding carboxylic acids is 3. The number of hydrogen-bond donors (Lipinski definition) is 0. The number of unbranched alkanes of at least 4 members (excludes halogenated alkanes) is 49. The van der Waals surface area contributed by atoms with Gasteiger partial charge in [-0.1, -0.05) is 353 Å². The van der Waals surface area contributed by atoms with E-state index >= 15 is 0 Å². The van der Waals surface area contributed by atoms with Gasteiger partial charge in [0, 0.05) is 19.3 Å². The van der Waals surface area contributed by atoms with E-state index in [4.69, 9.17) is 14.2 Å². The van der Waals surface area contributed by atoms with Crippen LogP contribution >= 0.6 is 0 Å². The van der Waals surface area contributed by atoms with E-state index in [1.165, 1.54) is 283 Å². The molecule has 0 aromatic heterocycles. The van der Waals surface area contributed by atoms with Gasteiger partial charge in [-0.15, -0.1) is 0 Å². The van der Waals surface area contributed by atoms with Crippen molar-refractivity contribution in [2.75, 3.05) is 13.2 Å². The molecule has 0 amide bonds. The van der Waals surface area contributed by atoms with E-state index in [1.807, 2.05) is 0 Å². The summed E-state index contributed by atoms with van der Waals surface area (Å²) >= 11 is 0. The smallest absolute Gasteiger partial charge is 0.306 e. The Balaban J connectivity index is 3.98. The normalized spacial score (nSPS) is 12.2. The molecular weight excluding hydrogens is 973 g/mol. The highest BCUT2D eigenvalue weighted by atomic mass is 16.6. The van der Waals surface area contributed by atoms with Crippen molar-refractivity contribution in [2.24, 2.45) is 0 Å². The lowest BCUT2D eigenvalue weighted by Crippen LogP contribution is -2.30. The van der Waals surface area contributed by atoms with Gasteiger partial charge in [-0.3, -0.25) is 14.4 Å². The van der Waals surface area contributed by atoms with Crippen molar-refractivity contribution in [1.29, 1.82) is 0 Å². The van der Waals surface area contributed by atoms with Crippen LogP contribution in [0.4, 0.5) is 0 Å². The van der Waals surface area contributed by atoms with E-state index in [0.717, 1.165) is 70.6 Å². The number of esters is 3. The standard InChI is InChI=1S/C73H136O6/c1-4-7-10-13-16-18-20-22-24-26-28-30-32-34-35-36-37-38-40-41-43-45-47-49-51-53-55-57-60-63-66-72(75)78-69-70(68-77-71(74)65-62-59-15-12-9-6-3)79-73(76)67-64-61-58-56-54-52-50-48-46-44-42-39-33-31-29-27-25-23-21-19-17-14-11-8-5-2/h21,23,27,29,33,39,70H,4-20,22,24-26,28,30-32,34-38,40-69H2,1-3H3/b23-21-,29-27-,39-33-. The summed E-state index contributed by atoms with van der Waals surface area (Å²) in [6.45, 7) is 6.63. The van der Waals surface area contributed by atoms with E-state index in [1.54, 1.807) is 0 Å². The highest BCUT2D eigenvalue weighted by Gasteiger charge is 2.19. The molecule has 6 nitrogen and oxygen atoms in total. The Hall–Kier alpha value is -2.37. The molecule has 0 aliphatic rings. The topological polar surface area (TPSA) is 78.9 Å². The number of carbonyl (C=O) groups is 3. The highest BCUT2D eigenvalue weighted by Crippen LogP contribution is 2.19. The Morgan fingerprint density at radius 2 is 0.456 bits per heavy atom. The van der Waals surface area contributed by atoms with Crippen molar-refractivity contribution in [3.8, 4) is 0 Å². The molecule has 79 heavy (non-hydrogen) atoms. The van der Waals surface area contributed by atoms with Gasteiger partial charge in [0.05, 0.1) is 0 Å². The summed E-state index contributed by atoms with van der Waals surface area (Å²) < 4.78 is 16.9. The molecule has 0 rings (SSSR count). The Labute approximate surface area is 493 Å². The first kappa shape index (κ1) is 76.6. The van der Waals surface area contributed by atoms with Crippen molar-refractivity contribution in [2.45, 2.75) is 399 Å². The summed E-state index contributed by atoms with van der Waals surface area (Å²) in [6, 6.07) is 0. The Bertz CT molecular complexity index is 1320. The number of hydrogen-bond acceptors (Lipinski definition) is 6. The van der Waals surface area contributed by atoms with Gasteiger partial charge in [0.2, 0.25) is 0 Å². The molecule has 0 heterocycles. The third-order valence-electron chi connectivity index (χ3n) is 16.1. The fourth-order valence-corrected chi connectivity index (χ4v) is 10.8. The molecule has 0 aliphatic carbocycles. The Morgan fingerprint density at radius 1 is 0.253 bits per heavy atom. The molecule has 0 aromatic carbocycles. The highest BCUT2D eigenvalue weighted by molar-refractivity contribution is 5.71. The van der Waals surface area contributed by atoms with Crippen LogP contribution in [0.5, 0.6) is 0 Å². The number of rotatable bonds is 66. The van der Waals surface area contributed by atoms with Crippen molar-refractivity contribution < 1.29 is 28.6 Å². The maximum absolute atomic E-state index is 12.9. The molecule has 0 saturated carbocycles. The van der Waals surface area contributed by atoms with Crippen LogP contribution in [0.25, 0.3) is 0 Å². The van der Waals surface area contributed by atoms with Crippen LogP contribution in [0.1, 0.15) is 393 Å². The molecule has 464 valence electrons. The zero-order chi connectivity index (χ0) is 57.1. The first-order chi connectivity index (χ1) is 39.0. The zero-order valence-electron chi connectivity index (χ0n) is 53.4. The average molecular weight is 1110 g/mol. The van der Waals surface area contributed by atoms with Gasteiger partial charge in [-0.25, -0.2) is 0 Å². The van der Waals surface area contributed by atoms with Crippen molar-refractivity contribution in [3.63, 3.8) is 0 Å². The fourth-order valence-electron chi connectivity index (χ4n) is 10.8. The second-order valence-electron chi connectivity index (χ2n) is 24.2. The predicted molar refractivity (Wildman–Crippen MR) is 344 cm³/mol. The minimum Gasteiger partial charge on any atom is -0.462 e. The first-order valence-electron chi connectivity index (χ1n) is 35.5. The molecule has 0 spiro atoms. The van der Waals surface area contributed by atoms with Crippen molar-refractivity contribution in [1.82, 2.24) is 0 Å². The van der Waals surface area contributed by atoms with Crippen LogP contribution < -0.4 is 0 Å². The molecule has 0 bridgehead atoms. The van der Waals surface area contributed by atoms with Crippen LogP contribution in [0.3, 0.4) is 0 Å². The molecule has 1 unspecified atom stereocenters. The third-order valence-corrected chi connectivity index (χ3v) is 16.1. The van der Waals surface area contributed by atoms with E-state index in [9.17, 15) is 14.4 Å².